The van der Waals surface area contributed by atoms with Gasteiger partial charge in [-0.25, -0.2) is 9.59 Å². The van der Waals surface area contributed by atoms with Crippen molar-refractivity contribution in [2.24, 2.45) is 0 Å². The van der Waals surface area contributed by atoms with Crippen molar-refractivity contribution < 1.29 is 38.9 Å². The number of aromatic carboxylic acids is 2. The molecule has 9 heteroatoms. The standard InChI is InChI=1S/2C24H36O4.2C8H17.Sn/c2*1-2-3-4-5-6-7-8-9-10-11-12-13-14-17-20-28-24(27)22-19-16-15-18-21(22)23(25)26;2*1-3-5-7-8-6-4-2;/h2*2-3,15-16,18-19H,4-14,17,20H2,1H3,(H,25,26);2*1,3-8H2,2H3;/q;;;;+2/p-2/b2*3-2+;;;. The third-order valence-corrected chi connectivity index (χ3v) is 12.4. The predicted molar refractivity (Wildman–Crippen MR) is 306 cm³/mol. The second kappa shape index (κ2) is 59.5. The van der Waals surface area contributed by atoms with Crippen molar-refractivity contribution in [3.05, 3.63) is 109 Å². The van der Waals surface area contributed by atoms with Crippen LogP contribution >= 0.6 is 0 Å². The summed E-state index contributed by atoms with van der Waals surface area (Å²) in [5, 5.41) is 22.0. The Hall–Kier alpha value is -3.40. The molecule has 2 aromatic rings. The number of benzene rings is 2. The van der Waals surface area contributed by atoms with Crippen LogP contribution < -0.4 is 10.2 Å². The van der Waals surface area contributed by atoms with Gasteiger partial charge in [0.2, 0.25) is 0 Å². The fraction of sp³-hybridized carbons (Fsp3) is 0.656. The zero-order valence-corrected chi connectivity index (χ0v) is 49.8. The second-order valence-electron chi connectivity index (χ2n) is 19.0. The minimum absolute atomic E-state index is 0. The van der Waals surface area contributed by atoms with E-state index in [1.54, 1.807) is 24.3 Å². The molecule has 0 saturated heterocycles. The Labute approximate surface area is 465 Å². The molecular weight excluding hydrogens is 1020 g/mol. The van der Waals surface area contributed by atoms with Crippen molar-refractivity contribution in [3.63, 3.8) is 0 Å². The molecule has 0 fully saturated rings. The van der Waals surface area contributed by atoms with Crippen molar-refractivity contribution in [1.29, 1.82) is 0 Å². The van der Waals surface area contributed by atoms with Gasteiger partial charge in [0, 0.05) is 11.1 Å². The summed E-state index contributed by atoms with van der Waals surface area (Å²) in [6.07, 6.45) is 54.1. The average Bonchev–Trinajstić information content (AvgIpc) is 3.39. The number of carbonyl (C=O) groups excluding carboxylic acids is 4. The summed E-state index contributed by atoms with van der Waals surface area (Å²) < 4.78 is 10.4. The van der Waals surface area contributed by atoms with Gasteiger partial charge in [-0.1, -0.05) is 281 Å². The molecular formula is C64H104O8Sn. The number of carboxylic acids is 2. The first-order chi connectivity index (χ1) is 35.2. The third-order valence-electron chi connectivity index (χ3n) is 12.4. The van der Waals surface area contributed by atoms with Crippen LogP contribution in [0.25, 0.3) is 0 Å². The first-order valence-corrected chi connectivity index (χ1v) is 28.9. The van der Waals surface area contributed by atoms with Crippen LogP contribution in [0.5, 0.6) is 0 Å². The average molecular weight is 1120 g/mol. The van der Waals surface area contributed by atoms with Gasteiger partial charge in [0.15, 0.2) is 0 Å². The summed E-state index contributed by atoms with van der Waals surface area (Å²) in [7, 11) is 0. The Morgan fingerprint density at radius 1 is 0.397 bits per heavy atom. The number of rotatable bonds is 42. The van der Waals surface area contributed by atoms with Gasteiger partial charge in [-0.15, -0.1) is 0 Å². The number of esters is 2. The van der Waals surface area contributed by atoms with E-state index in [0.717, 1.165) is 51.4 Å². The number of carbonyl (C=O) groups is 4. The van der Waals surface area contributed by atoms with E-state index in [-0.39, 0.29) is 46.2 Å². The van der Waals surface area contributed by atoms with Gasteiger partial charge < -0.3 is 29.3 Å². The molecule has 0 spiro atoms. The number of carboxylic acid groups (broad SMARTS) is 2. The Kier molecular flexibility index (Phi) is 60.2. The van der Waals surface area contributed by atoms with E-state index in [2.05, 4.69) is 65.8 Å². The molecule has 0 amide bonds. The van der Waals surface area contributed by atoms with Crippen molar-refractivity contribution in [3.8, 4) is 0 Å². The van der Waals surface area contributed by atoms with Gasteiger partial charge in [0.1, 0.15) is 0 Å². The maximum atomic E-state index is 12.0. The Bertz CT molecular complexity index is 1470. The molecule has 0 saturated carbocycles. The minimum atomic E-state index is -1.36. The molecule has 2 aromatic carbocycles. The van der Waals surface area contributed by atoms with Crippen LogP contribution in [-0.2, 0) is 9.47 Å². The molecule has 8 nitrogen and oxygen atoms in total. The van der Waals surface area contributed by atoms with E-state index < -0.39 is 23.9 Å². The summed E-state index contributed by atoms with van der Waals surface area (Å²) in [4.78, 5) is 46.0. The van der Waals surface area contributed by atoms with Gasteiger partial charge in [0.05, 0.1) is 36.3 Å². The molecule has 73 heavy (non-hydrogen) atoms. The zero-order chi connectivity index (χ0) is 53.4. The maximum absolute atomic E-state index is 12.0. The van der Waals surface area contributed by atoms with E-state index in [1.807, 2.05) is 0 Å². The van der Waals surface area contributed by atoms with E-state index in [1.165, 1.54) is 204 Å². The minimum Gasteiger partial charge on any atom is -0.545 e. The van der Waals surface area contributed by atoms with E-state index in [4.69, 9.17) is 9.47 Å². The van der Waals surface area contributed by atoms with Crippen LogP contribution in [-0.4, -0.2) is 61.0 Å². The molecule has 0 aromatic heterocycles. The zero-order valence-electron chi connectivity index (χ0n) is 47.0. The largest absolute Gasteiger partial charge is 2.00 e. The van der Waals surface area contributed by atoms with Crippen LogP contribution in [0.3, 0.4) is 0 Å². The Morgan fingerprint density at radius 3 is 0.904 bits per heavy atom. The Balaban J connectivity index is -0.00000102. The fourth-order valence-electron chi connectivity index (χ4n) is 7.97. The van der Waals surface area contributed by atoms with Crippen molar-refractivity contribution >= 4 is 47.8 Å². The smallest absolute Gasteiger partial charge is 0.545 e. The molecule has 4 radical (unpaired) electrons. The van der Waals surface area contributed by atoms with Crippen molar-refractivity contribution in [1.82, 2.24) is 0 Å². The van der Waals surface area contributed by atoms with E-state index in [9.17, 15) is 29.4 Å². The maximum Gasteiger partial charge on any atom is 2.00 e. The summed E-state index contributed by atoms with van der Waals surface area (Å²) >= 11 is 0. The summed E-state index contributed by atoms with van der Waals surface area (Å²) in [6.45, 7) is 16.9. The number of hydrogen-bond acceptors (Lipinski definition) is 8. The molecule has 2 rings (SSSR count). The van der Waals surface area contributed by atoms with E-state index in [0.29, 0.717) is 13.2 Å². The third kappa shape index (κ3) is 49.3. The summed E-state index contributed by atoms with van der Waals surface area (Å²) in [5.74, 6) is -3.90. The van der Waals surface area contributed by atoms with Gasteiger partial charge in [-0.3, -0.25) is 0 Å². The monoisotopic (exact) mass is 1120 g/mol. The van der Waals surface area contributed by atoms with Crippen LogP contribution in [0.15, 0.2) is 72.8 Å². The van der Waals surface area contributed by atoms with Gasteiger partial charge in [-0.05, 0) is 64.5 Å². The normalized spacial score (nSPS) is 10.6. The summed E-state index contributed by atoms with van der Waals surface area (Å²) in [5.41, 5.74) is -0.121. The number of unbranched alkanes of at least 4 members (excludes halogenated alkanes) is 32. The topological polar surface area (TPSA) is 133 Å². The first-order valence-electron chi connectivity index (χ1n) is 28.9. The first kappa shape index (κ1) is 73.8. The summed E-state index contributed by atoms with van der Waals surface area (Å²) in [6, 6.07) is 12.0. The molecule has 0 bridgehead atoms. The van der Waals surface area contributed by atoms with Crippen LogP contribution in [0.1, 0.15) is 300 Å². The predicted octanol–water partition coefficient (Wildman–Crippen LogP) is 16.9. The molecule has 0 heterocycles. The molecule has 0 aliphatic heterocycles. The quantitative estimate of drug-likeness (QED) is 0.0278. The SMILES string of the molecule is C/C=C/CCCCCCCCCCCCCOC(=O)c1ccccc1C(=O)[O-].C/C=C/CCCCCCCCCCCCCOC(=O)c1ccccc1C(=O)[O-].[CH2]CCCCCCC.[CH2]CCCCCCC.[Sn+2]. The van der Waals surface area contributed by atoms with Crippen molar-refractivity contribution in [2.75, 3.05) is 13.2 Å². The van der Waals surface area contributed by atoms with Crippen LogP contribution in [0.2, 0.25) is 0 Å². The van der Waals surface area contributed by atoms with Crippen LogP contribution in [0.4, 0.5) is 0 Å². The van der Waals surface area contributed by atoms with E-state index >= 15 is 0 Å². The molecule has 0 unspecified atom stereocenters. The van der Waals surface area contributed by atoms with Crippen LogP contribution in [0, 0.1) is 13.8 Å². The van der Waals surface area contributed by atoms with Gasteiger partial charge >= 0.3 is 35.8 Å². The van der Waals surface area contributed by atoms with Crippen molar-refractivity contribution in [2.45, 2.75) is 259 Å². The van der Waals surface area contributed by atoms with Gasteiger partial charge in [-0.2, -0.15) is 0 Å². The molecule has 0 atom stereocenters. The fourth-order valence-corrected chi connectivity index (χ4v) is 7.97. The molecule has 0 aliphatic carbocycles. The molecule has 412 valence electrons. The molecule has 0 N–H and O–H groups in total. The number of allylic oxidation sites excluding steroid dienone is 4. The number of ether oxygens (including phenoxy) is 2. The van der Waals surface area contributed by atoms with Gasteiger partial charge in [0.25, 0.3) is 0 Å². The second-order valence-corrected chi connectivity index (χ2v) is 19.0. The molecule has 0 aliphatic rings. The number of hydrogen-bond donors (Lipinski definition) is 0. The Morgan fingerprint density at radius 2 is 0.644 bits per heavy atom.